The van der Waals surface area contributed by atoms with Crippen molar-refractivity contribution < 1.29 is 24.9 Å². The standard InChI is InChI=1S/C31H48N4O5S/c1-5-24(19(2)3)31(39)35-16-23(37)15-27(35)30(38)34-26(17-36)25-7-6-22(29-20(4)33-18-41-29)14-28(25)40-13-10-21-8-11-32-12-9-21/h6-7,14,18-19,21,23-24,26-27,30,32,34,36-38H,5,8-13,15-17H2,1-4H3/t23?,24?,26-,27?,30?/m0/s1. The van der Waals surface area contributed by atoms with E-state index in [1.54, 1.807) is 16.2 Å². The van der Waals surface area contributed by atoms with E-state index in [2.05, 4.69) is 15.6 Å². The predicted octanol–water partition coefficient (Wildman–Crippen LogP) is 3.47. The molecule has 2 saturated heterocycles. The van der Waals surface area contributed by atoms with E-state index in [9.17, 15) is 20.1 Å². The van der Waals surface area contributed by atoms with Crippen molar-refractivity contribution in [3.8, 4) is 16.2 Å². The molecule has 0 spiro atoms. The molecular weight excluding hydrogens is 540 g/mol. The lowest BCUT2D eigenvalue weighted by Crippen LogP contribution is -2.52. The highest BCUT2D eigenvalue weighted by atomic mass is 32.1. The third-order valence-corrected chi connectivity index (χ3v) is 9.70. The second-order valence-electron chi connectivity index (χ2n) is 11.9. The maximum absolute atomic E-state index is 13.4. The van der Waals surface area contributed by atoms with Gasteiger partial charge in [-0.05, 0) is 75.6 Å². The Kier molecular flexibility index (Phi) is 11.6. The van der Waals surface area contributed by atoms with Crippen molar-refractivity contribution in [1.29, 1.82) is 0 Å². The third kappa shape index (κ3) is 7.86. The molecule has 4 unspecified atom stereocenters. The summed E-state index contributed by atoms with van der Waals surface area (Å²) in [5, 5.41) is 38.8. The normalized spacial score (nSPS) is 22.2. The minimum Gasteiger partial charge on any atom is -0.493 e. The van der Waals surface area contributed by atoms with Crippen LogP contribution in [0.5, 0.6) is 5.75 Å². The highest BCUT2D eigenvalue weighted by Gasteiger charge is 2.41. The molecule has 0 radical (unpaired) electrons. The third-order valence-electron chi connectivity index (χ3n) is 8.72. The molecule has 2 aliphatic rings. The van der Waals surface area contributed by atoms with Gasteiger partial charge >= 0.3 is 0 Å². The number of amides is 1. The van der Waals surface area contributed by atoms with Crippen molar-refractivity contribution in [2.24, 2.45) is 17.8 Å². The van der Waals surface area contributed by atoms with Gasteiger partial charge in [0.15, 0.2) is 0 Å². The lowest BCUT2D eigenvalue weighted by Gasteiger charge is -2.34. The molecule has 9 nitrogen and oxygen atoms in total. The van der Waals surface area contributed by atoms with Crippen LogP contribution in [0.2, 0.25) is 0 Å². The van der Waals surface area contributed by atoms with Crippen molar-refractivity contribution in [1.82, 2.24) is 20.5 Å². The molecule has 5 N–H and O–H groups in total. The van der Waals surface area contributed by atoms with Gasteiger partial charge in [-0.1, -0.05) is 32.9 Å². The lowest BCUT2D eigenvalue weighted by molar-refractivity contribution is -0.141. The van der Waals surface area contributed by atoms with E-state index < -0.39 is 24.4 Å². The average molecular weight is 589 g/mol. The Morgan fingerprint density at radius 1 is 1.29 bits per heavy atom. The smallest absolute Gasteiger partial charge is 0.226 e. The average Bonchev–Trinajstić information content (AvgIpc) is 3.57. The number of benzene rings is 1. The van der Waals surface area contributed by atoms with Crippen LogP contribution in [0.4, 0.5) is 0 Å². The Morgan fingerprint density at radius 2 is 2.05 bits per heavy atom. The maximum Gasteiger partial charge on any atom is 0.226 e. The van der Waals surface area contributed by atoms with Gasteiger partial charge in [-0.15, -0.1) is 11.3 Å². The highest BCUT2D eigenvalue weighted by Crippen LogP contribution is 2.35. The zero-order valence-corrected chi connectivity index (χ0v) is 25.7. The van der Waals surface area contributed by atoms with E-state index in [1.807, 2.05) is 51.4 Å². The van der Waals surface area contributed by atoms with Gasteiger partial charge in [0.1, 0.15) is 12.0 Å². The van der Waals surface area contributed by atoms with Crippen LogP contribution in [0.25, 0.3) is 10.4 Å². The summed E-state index contributed by atoms with van der Waals surface area (Å²) in [5.41, 5.74) is 4.52. The number of hydrogen-bond donors (Lipinski definition) is 5. The number of nitrogens with zero attached hydrogens (tertiary/aromatic N) is 2. The molecule has 1 aromatic heterocycles. The zero-order chi connectivity index (χ0) is 29.5. The Morgan fingerprint density at radius 3 is 2.68 bits per heavy atom. The van der Waals surface area contributed by atoms with Gasteiger partial charge in [0.05, 0.1) is 47.5 Å². The van der Waals surface area contributed by atoms with Crippen LogP contribution in [-0.2, 0) is 4.79 Å². The number of likely N-dealkylation sites (tertiary alicyclic amines) is 1. The summed E-state index contributed by atoms with van der Waals surface area (Å²) in [5.74, 6) is 1.22. The molecule has 2 aromatic rings. The molecule has 3 heterocycles. The topological polar surface area (TPSA) is 127 Å². The van der Waals surface area contributed by atoms with Crippen molar-refractivity contribution in [3.63, 3.8) is 0 Å². The summed E-state index contributed by atoms with van der Waals surface area (Å²) in [7, 11) is 0. The second-order valence-corrected chi connectivity index (χ2v) is 12.8. The lowest BCUT2D eigenvalue weighted by atomic mass is 9.91. The number of aryl methyl sites for hydroxylation is 1. The number of carbonyl (C=O) groups is 1. The molecule has 4 rings (SSSR count). The van der Waals surface area contributed by atoms with E-state index in [1.165, 1.54) is 0 Å². The fraction of sp³-hybridized carbons (Fsp3) is 0.677. The first-order chi connectivity index (χ1) is 19.7. The molecule has 10 heteroatoms. The molecule has 5 atom stereocenters. The van der Waals surface area contributed by atoms with Crippen LogP contribution in [-0.4, -0.2) is 82.3 Å². The molecule has 1 amide bonds. The first kappa shape index (κ1) is 31.8. The Hall–Kier alpha value is -2.08. The van der Waals surface area contributed by atoms with Gasteiger partial charge in [0.25, 0.3) is 0 Å². The number of β-amino-alcohol motifs (C(OH)–C–C–N with tert-alkyl or cyclic N) is 1. The summed E-state index contributed by atoms with van der Waals surface area (Å²) in [6, 6.07) is 4.71. The predicted molar refractivity (Wildman–Crippen MR) is 162 cm³/mol. The number of carbonyl (C=O) groups excluding carboxylic acids is 1. The number of aliphatic hydroxyl groups excluding tert-OH is 3. The Balaban J connectivity index is 1.54. The van der Waals surface area contributed by atoms with Crippen LogP contribution >= 0.6 is 11.3 Å². The van der Waals surface area contributed by atoms with Gasteiger partial charge in [0, 0.05) is 18.0 Å². The number of nitrogens with one attached hydrogen (secondary N) is 2. The van der Waals surface area contributed by atoms with E-state index in [4.69, 9.17) is 4.74 Å². The summed E-state index contributed by atoms with van der Waals surface area (Å²) in [6.07, 6.45) is 2.37. The maximum atomic E-state index is 13.4. The number of ether oxygens (including phenoxy) is 1. The minimum absolute atomic E-state index is 0.0448. The van der Waals surface area contributed by atoms with Gasteiger partial charge in [-0.2, -0.15) is 0 Å². The van der Waals surface area contributed by atoms with Gasteiger partial charge < -0.3 is 30.3 Å². The molecule has 1 aromatic carbocycles. The van der Waals surface area contributed by atoms with Crippen LogP contribution in [0.3, 0.4) is 0 Å². The first-order valence-electron chi connectivity index (χ1n) is 15.1. The molecule has 0 aliphatic carbocycles. The molecule has 228 valence electrons. The number of aromatic nitrogens is 1. The summed E-state index contributed by atoms with van der Waals surface area (Å²) in [4.78, 5) is 20.5. The quantitative estimate of drug-likeness (QED) is 0.225. The summed E-state index contributed by atoms with van der Waals surface area (Å²) < 4.78 is 6.38. The van der Waals surface area contributed by atoms with E-state index in [0.717, 1.165) is 54.0 Å². The van der Waals surface area contributed by atoms with Crippen molar-refractivity contribution >= 4 is 17.2 Å². The van der Waals surface area contributed by atoms with Crippen molar-refractivity contribution in [3.05, 3.63) is 35.0 Å². The first-order valence-corrected chi connectivity index (χ1v) is 16.0. The van der Waals surface area contributed by atoms with Crippen LogP contribution < -0.4 is 15.4 Å². The number of piperidine rings is 1. The van der Waals surface area contributed by atoms with Gasteiger partial charge in [-0.3, -0.25) is 10.1 Å². The van der Waals surface area contributed by atoms with E-state index >= 15 is 0 Å². The monoisotopic (exact) mass is 588 g/mol. The van der Waals surface area contributed by atoms with Crippen LogP contribution in [0.15, 0.2) is 23.7 Å². The number of hydrogen-bond acceptors (Lipinski definition) is 9. The molecule has 0 saturated carbocycles. The molecule has 41 heavy (non-hydrogen) atoms. The second kappa shape index (κ2) is 14.9. The molecule has 2 fully saturated rings. The van der Waals surface area contributed by atoms with Crippen LogP contribution in [0.1, 0.15) is 70.2 Å². The Bertz CT molecular complexity index is 1120. The summed E-state index contributed by atoms with van der Waals surface area (Å²) in [6.45, 7) is 10.6. The number of aliphatic hydroxyl groups is 3. The molecule has 2 aliphatic heterocycles. The largest absolute Gasteiger partial charge is 0.493 e. The zero-order valence-electron chi connectivity index (χ0n) is 24.9. The fourth-order valence-electron chi connectivity index (χ4n) is 6.27. The van der Waals surface area contributed by atoms with Gasteiger partial charge in [-0.25, -0.2) is 4.98 Å². The van der Waals surface area contributed by atoms with Gasteiger partial charge in [0.2, 0.25) is 5.91 Å². The van der Waals surface area contributed by atoms with Crippen LogP contribution in [0, 0.1) is 24.7 Å². The molecule has 0 bridgehead atoms. The molecular formula is C31H48N4O5S. The Labute approximate surface area is 248 Å². The fourth-order valence-corrected chi connectivity index (χ4v) is 7.07. The SMILES string of the molecule is CCC(C(=O)N1CC(O)CC1C(O)N[C@@H](CO)c1ccc(-c2scnc2C)cc1OCCC1CCNCC1)C(C)C. The highest BCUT2D eigenvalue weighted by molar-refractivity contribution is 7.13. The summed E-state index contributed by atoms with van der Waals surface area (Å²) >= 11 is 1.57. The van der Waals surface area contributed by atoms with Crippen molar-refractivity contribution in [2.45, 2.75) is 84.2 Å². The number of rotatable bonds is 13. The van der Waals surface area contributed by atoms with E-state index in [-0.39, 0.29) is 37.3 Å². The minimum atomic E-state index is -1.14. The van der Waals surface area contributed by atoms with E-state index in [0.29, 0.717) is 24.7 Å². The number of thiazole rings is 1. The van der Waals surface area contributed by atoms with Crippen molar-refractivity contribution in [2.75, 3.05) is 32.8 Å².